The van der Waals surface area contributed by atoms with E-state index in [-0.39, 0.29) is 6.29 Å². The summed E-state index contributed by atoms with van der Waals surface area (Å²) < 4.78 is 0. The molecule has 0 radical (unpaired) electrons. The van der Waals surface area contributed by atoms with Gasteiger partial charge in [0.05, 0.1) is 6.61 Å². The van der Waals surface area contributed by atoms with Gasteiger partial charge in [0, 0.05) is 0 Å². The van der Waals surface area contributed by atoms with Crippen LogP contribution in [0.2, 0.25) is 0 Å². The van der Waals surface area contributed by atoms with Crippen molar-refractivity contribution in [3.8, 4) is 0 Å². The Morgan fingerprint density at radius 3 is 2.22 bits per heavy atom. The molecule has 0 rings (SSSR count). The van der Waals surface area contributed by atoms with Gasteiger partial charge in [-0.3, -0.25) is 14.4 Å². The van der Waals surface area contributed by atoms with Gasteiger partial charge in [-0.2, -0.15) is 0 Å². The van der Waals surface area contributed by atoms with Gasteiger partial charge >= 0.3 is 11.8 Å². The van der Waals surface area contributed by atoms with Crippen molar-refractivity contribution in [3.05, 3.63) is 0 Å². The monoisotopic (exact) mass is 266 g/mol. The maximum absolute atomic E-state index is 10.7. The van der Waals surface area contributed by atoms with Gasteiger partial charge in [0.1, 0.15) is 24.4 Å². The van der Waals surface area contributed by atoms with Crippen molar-refractivity contribution in [1.82, 2.24) is 5.48 Å². The molecule has 0 bridgehead atoms. The molecule has 0 spiro atoms. The molecule has 0 fully saturated rings. The van der Waals surface area contributed by atoms with Crippen molar-refractivity contribution in [3.63, 3.8) is 0 Å². The zero-order chi connectivity index (χ0) is 14.3. The van der Waals surface area contributed by atoms with E-state index in [1.807, 2.05) is 0 Å². The van der Waals surface area contributed by atoms with Gasteiger partial charge in [-0.05, 0) is 0 Å². The molecule has 0 unspecified atom stereocenters. The van der Waals surface area contributed by atoms with Crippen molar-refractivity contribution < 1.29 is 39.6 Å². The lowest BCUT2D eigenvalue weighted by Gasteiger charge is -2.25. The van der Waals surface area contributed by atoms with Crippen LogP contribution in [-0.4, -0.2) is 69.5 Å². The molecule has 0 saturated carbocycles. The topological polar surface area (TPSA) is 179 Å². The minimum absolute atomic E-state index is 0.0374. The number of rotatable bonds is 7. The predicted octanol–water partition coefficient (Wildman–Crippen LogP) is -4.84. The number of carbonyl (C=O) groups is 3. The largest absolute Gasteiger partial charge is 0.393 e. The molecule has 10 nitrogen and oxygen atoms in total. The van der Waals surface area contributed by atoms with Gasteiger partial charge in [-0.15, -0.1) is 0 Å². The van der Waals surface area contributed by atoms with E-state index in [9.17, 15) is 24.6 Å². The molecule has 104 valence electrons. The lowest BCUT2D eigenvalue weighted by Crippen LogP contribution is -2.50. The molecule has 0 heterocycles. The molecule has 0 aliphatic heterocycles. The second kappa shape index (κ2) is 7.68. The third kappa shape index (κ3) is 4.73. The van der Waals surface area contributed by atoms with E-state index in [0.29, 0.717) is 0 Å². The number of primary amides is 1. The highest BCUT2D eigenvalue weighted by Crippen LogP contribution is 2.06. The minimum atomic E-state index is -1.94. The summed E-state index contributed by atoms with van der Waals surface area (Å²) in [4.78, 5) is 35.6. The Morgan fingerprint density at radius 1 is 1.28 bits per heavy atom. The Hall–Kier alpha value is -1.59. The van der Waals surface area contributed by atoms with Crippen LogP contribution in [0, 0.1) is 0 Å². The fourth-order valence-corrected chi connectivity index (χ4v) is 0.897. The van der Waals surface area contributed by atoms with Crippen LogP contribution in [-0.2, 0) is 19.2 Å². The van der Waals surface area contributed by atoms with Crippen molar-refractivity contribution in [2.45, 2.75) is 24.4 Å². The van der Waals surface area contributed by atoms with Crippen LogP contribution in [0.1, 0.15) is 0 Å². The second-order valence-electron chi connectivity index (χ2n) is 3.24. The summed E-state index contributed by atoms with van der Waals surface area (Å²) in [6.07, 6.45) is -7.33. The molecule has 0 aliphatic rings. The Morgan fingerprint density at radius 2 is 1.83 bits per heavy atom. The summed E-state index contributed by atoms with van der Waals surface area (Å²) in [5, 5.41) is 36.4. The number of amides is 2. The summed E-state index contributed by atoms with van der Waals surface area (Å²) in [5.41, 5.74) is 6.09. The van der Waals surface area contributed by atoms with E-state index < -0.39 is 42.8 Å². The van der Waals surface area contributed by atoms with Crippen molar-refractivity contribution in [1.29, 1.82) is 0 Å². The average molecular weight is 266 g/mol. The van der Waals surface area contributed by atoms with Crippen molar-refractivity contribution >= 4 is 18.1 Å². The normalized spacial score (nSPS) is 17.3. The SMILES string of the molecule is NC(=O)C(=O)NO[C@H](CO)[C@@H](O)[C@H](O)[C@H](O)C=O. The quantitative estimate of drug-likeness (QED) is 0.151. The molecule has 10 heteroatoms. The molecule has 0 aromatic heterocycles. The summed E-state index contributed by atoms with van der Waals surface area (Å²) in [5.74, 6) is -2.71. The molecule has 0 aromatic rings. The van der Waals surface area contributed by atoms with Gasteiger partial charge in [0.2, 0.25) is 0 Å². The zero-order valence-corrected chi connectivity index (χ0v) is 9.09. The summed E-state index contributed by atoms with van der Waals surface area (Å²) in [6, 6.07) is 0. The molecule has 0 aliphatic carbocycles. The number of hydroxylamine groups is 1. The molecule has 7 N–H and O–H groups in total. The Bertz CT molecular complexity index is 309. The summed E-state index contributed by atoms with van der Waals surface area (Å²) >= 11 is 0. The number of nitrogens with one attached hydrogen (secondary N) is 1. The van der Waals surface area contributed by atoms with Crippen LogP contribution in [0.15, 0.2) is 0 Å². The van der Waals surface area contributed by atoms with Gasteiger partial charge in [-0.25, -0.2) is 5.48 Å². The molecule has 4 atom stereocenters. The van der Waals surface area contributed by atoms with Crippen LogP contribution in [0.4, 0.5) is 0 Å². The highest BCUT2D eigenvalue weighted by molar-refractivity contribution is 6.34. The number of aldehydes is 1. The smallest absolute Gasteiger partial charge is 0.332 e. The highest BCUT2D eigenvalue weighted by atomic mass is 16.7. The molecular weight excluding hydrogens is 252 g/mol. The van der Waals surface area contributed by atoms with E-state index in [0.717, 1.165) is 0 Å². The van der Waals surface area contributed by atoms with E-state index in [1.165, 1.54) is 5.48 Å². The zero-order valence-electron chi connectivity index (χ0n) is 9.09. The van der Waals surface area contributed by atoms with Crippen molar-refractivity contribution in [2.75, 3.05) is 6.61 Å². The number of aliphatic hydroxyl groups is 4. The third-order valence-electron chi connectivity index (χ3n) is 1.93. The van der Waals surface area contributed by atoms with E-state index in [4.69, 9.17) is 10.2 Å². The Balaban J connectivity index is 4.44. The fourth-order valence-electron chi connectivity index (χ4n) is 0.897. The number of nitrogens with two attached hydrogens (primary N) is 1. The lowest BCUT2D eigenvalue weighted by atomic mass is 10.0. The second-order valence-corrected chi connectivity index (χ2v) is 3.24. The van der Waals surface area contributed by atoms with Crippen molar-refractivity contribution in [2.24, 2.45) is 5.73 Å². The maximum atomic E-state index is 10.7. The van der Waals surface area contributed by atoms with Gasteiger partial charge in [0.15, 0.2) is 6.29 Å². The van der Waals surface area contributed by atoms with E-state index in [1.54, 1.807) is 0 Å². The van der Waals surface area contributed by atoms with Gasteiger partial charge in [0.25, 0.3) is 0 Å². The molecule has 0 aromatic carbocycles. The summed E-state index contributed by atoms with van der Waals surface area (Å²) in [6.45, 7) is -0.872. The Kier molecular flexibility index (Phi) is 7.00. The number of carbonyl (C=O) groups excluding carboxylic acids is 3. The predicted molar refractivity (Wildman–Crippen MR) is 53.4 cm³/mol. The number of aliphatic hydroxyl groups excluding tert-OH is 4. The van der Waals surface area contributed by atoms with E-state index >= 15 is 0 Å². The average Bonchev–Trinajstić information content (AvgIpc) is 2.36. The van der Waals surface area contributed by atoms with Crippen LogP contribution in [0.25, 0.3) is 0 Å². The maximum Gasteiger partial charge on any atom is 0.332 e. The third-order valence-corrected chi connectivity index (χ3v) is 1.93. The van der Waals surface area contributed by atoms with Gasteiger partial charge in [-0.1, -0.05) is 0 Å². The van der Waals surface area contributed by atoms with Crippen LogP contribution in [0.5, 0.6) is 0 Å². The van der Waals surface area contributed by atoms with E-state index in [2.05, 4.69) is 10.6 Å². The molecule has 18 heavy (non-hydrogen) atoms. The highest BCUT2D eigenvalue weighted by Gasteiger charge is 2.32. The molecule has 0 saturated heterocycles. The first kappa shape index (κ1) is 16.4. The first-order valence-corrected chi connectivity index (χ1v) is 4.70. The Labute approximate surface area is 101 Å². The number of hydrogen-bond donors (Lipinski definition) is 6. The van der Waals surface area contributed by atoms with Crippen LogP contribution in [0.3, 0.4) is 0 Å². The lowest BCUT2D eigenvalue weighted by molar-refractivity contribution is -0.171. The standard InChI is InChI=1S/C8H14N2O8/c9-7(16)8(17)10-18-4(2-12)6(15)5(14)3(13)1-11/h1,3-6,12-15H,2H2,(H2,9,16)(H,10,17)/t3-,4-,5-,6-/m1/s1. The first-order chi connectivity index (χ1) is 8.34. The minimum Gasteiger partial charge on any atom is -0.393 e. The number of hydrogen-bond acceptors (Lipinski definition) is 8. The molecular formula is C8H14N2O8. The summed E-state index contributed by atoms with van der Waals surface area (Å²) in [7, 11) is 0. The fraction of sp³-hybridized carbons (Fsp3) is 0.625. The van der Waals surface area contributed by atoms with Crippen LogP contribution < -0.4 is 11.2 Å². The van der Waals surface area contributed by atoms with Gasteiger partial charge < -0.3 is 31.0 Å². The molecule has 2 amide bonds. The first-order valence-electron chi connectivity index (χ1n) is 4.70. The van der Waals surface area contributed by atoms with Crippen LogP contribution >= 0.6 is 0 Å².